The molecule has 3 saturated heterocycles. The van der Waals surface area contributed by atoms with E-state index in [-0.39, 0.29) is 11.9 Å². The average Bonchev–Trinajstić information content (AvgIpc) is 3.28. The summed E-state index contributed by atoms with van der Waals surface area (Å²) >= 11 is 0. The van der Waals surface area contributed by atoms with Gasteiger partial charge in [0.05, 0.1) is 5.92 Å². The van der Waals surface area contributed by atoms with Crippen LogP contribution in [0.3, 0.4) is 0 Å². The SMILES string of the molecule is Cc1cccc(NC(=O)N2CCC(N3CCC[C@H](C(=O)N4CCCC4)C3)CC2)c1. The summed E-state index contributed by atoms with van der Waals surface area (Å²) in [6.07, 6.45) is 6.44. The van der Waals surface area contributed by atoms with Gasteiger partial charge in [-0.1, -0.05) is 12.1 Å². The Morgan fingerprint density at radius 3 is 2.41 bits per heavy atom. The van der Waals surface area contributed by atoms with E-state index in [1.807, 2.05) is 36.1 Å². The maximum atomic E-state index is 12.8. The van der Waals surface area contributed by atoms with E-state index in [0.717, 1.165) is 89.0 Å². The van der Waals surface area contributed by atoms with Crippen LogP contribution in [-0.2, 0) is 4.79 Å². The van der Waals surface area contributed by atoms with Crippen LogP contribution in [0.5, 0.6) is 0 Å². The Morgan fingerprint density at radius 1 is 0.931 bits per heavy atom. The van der Waals surface area contributed by atoms with Crippen molar-refractivity contribution in [2.45, 2.75) is 51.5 Å². The lowest BCUT2D eigenvalue weighted by atomic mass is 9.93. The number of carbonyl (C=O) groups excluding carboxylic acids is 2. The van der Waals surface area contributed by atoms with Gasteiger partial charge < -0.3 is 15.1 Å². The minimum absolute atomic E-state index is 0.00483. The molecule has 3 fully saturated rings. The molecule has 1 aromatic carbocycles. The van der Waals surface area contributed by atoms with E-state index in [2.05, 4.69) is 15.1 Å². The standard InChI is InChI=1S/C23H34N4O2/c1-18-6-4-8-20(16-18)24-23(29)26-14-9-21(10-15-26)27-13-5-7-19(17-27)22(28)25-11-2-3-12-25/h4,6,8,16,19,21H,2-3,5,7,9-15,17H2,1H3,(H,24,29)/t19-/m0/s1. The lowest BCUT2D eigenvalue weighted by Gasteiger charge is -2.42. The van der Waals surface area contributed by atoms with Gasteiger partial charge in [-0.15, -0.1) is 0 Å². The van der Waals surface area contributed by atoms with Crippen molar-refractivity contribution in [3.8, 4) is 0 Å². The normalized spacial score (nSPS) is 24.0. The number of piperidine rings is 2. The number of benzene rings is 1. The molecule has 1 aromatic rings. The quantitative estimate of drug-likeness (QED) is 0.850. The van der Waals surface area contributed by atoms with Gasteiger partial charge in [0.15, 0.2) is 0 Å². The largest absolute Gasteiger partial charge is 0.342 e. The molecule has 0 aromatic heterocycles. The van der Waals surface area contributed by atoms with Crippen molar-refractivity contribution < 1.29 is 9.59 Å². The molecule has 3 amide bonds. The summed E-state index contributed by atoms with van der Waals surface area (Å²) in [5.74, 6) is 0.548. The van der Waals surface area contributed by atoms with Crippen LogP contribution in [0, 0.1) is 12.8 Å². The fourth-order valence-corrected chi connectivity index (χ4v) is 5.09. The fourth-order valence-electron chi connectivity index (χ4n) is 5.09. The highest BCUT2D eigenvalue weighted by Gasteiger charge is 2.34. The third-order valence-electron chi connectivity index (χ3n) is 6.76. The smallest absolute Gasteiger partial charge is 0.321 e. The van der Waals surface area contributed by atoms with Gasteiger partial charge in [-0.05, 0) is 69.7 Å². The molecule has 3 aliphatic rings. The first-order chi connectivity index (χ1) is 14.1. The molecular formula is C23H34N4O2. The van der Waals surface area contributed by atoms with E-state index in [0.29, 0.717) is 11.9 Å². The Kier molecular flexibility index (Phi) is 6.38. The van der Waals surface area contributed by atoms with Crippen molar-refractivity contribution in [3.63, 3.8) is 0 Å². The monoisotopic (exact) mass is 398 g/mol. The highest BCUT2D eigenvalue weighted by Crippen LogP contribution is 2.26. The van der Waals surface area contributed by atoms with Gasteiger partial charge in [-0.2, -0.15) is 0 Å². The van der Waals surface area contributed by atoms with Crippen molar-refractivity contribution in [2.24, 2.45) is 5.92 Å². The topological polar surface area (TPSA) is 55.9 Å². The van der Waals surface area contributed by atoms with Crippen LogP contribution in [0.2, 0.25) is 0 Å². The Bertz CT molecular complexity index is 723. The van der Waals surface area contributed by atoms with Crippen molar-refractivity contribution in [2.75, 3.05) is 44.6 Å². The number of rotatable bonds is 3. The molecule has 0 unspecified atom stereocenters. The summed E-state index contributed by atoms with van der Waals surface area (Å²) in [5.41, 5.74) is 2.00. The van der Waals surface area contributed by atoms with Gasteiger partial charge in [0.25, 0.3) is 0 Å². The Labute approximate surface area is 174 Å². The molecule has 0 bridgehead atoms. The number of urea groups is 1. The van der Waals surface area contributed by atoms with Crippen LogP contribution >= 0.6 is 0 Å². The molecule has 6 heteroatoms. The van der Waals surface area contributed by atoms with Crippen LogP contribution in [0.15, 0.2) is 24.3 Å². The summed E-state index contributed by atoms with van der Waals surface area (Å²) in [7, 11) is 0. The molecule has 1 atom stereocenters. The van der Waals surface area contributed by atoms with Gasteiger partial charge in [0.1, 0.15) is 0 Å². The van der Waals surface area contributed by atoms with Crippen molar-refractivity contribution >= 4 is 17.6 Å². The Hall–Kier alpha value is -2.08. The molecule has 29 heavy (non-hydrogen) atoms. The molecule has 3 aliphatic heterocycles. The van der Waals surface area contributed by atoms with E-state index >= 15 is 0 Å². The highest BCUT2D eigenvalue weighted by atomic mass is 16.2. The summed E-state index contributed by atoms with van der Waals surface area (Å²) in [5, 5.41) is 3.02. The third kappa shape index (κ3) is 4.92. The summed E-state index contributed by atoms with van der Waals surface area (Å²) in [4.78, 5) is 31.9. The van der Waals surface area contributed by atoms with Crippen LogP contribution in [0.25, 0.3) is 0 Å². The van der Waals surface area contributed by atoms with Crippen molar-refractivity contribution in [1.82, 2.24) is 14.7 Å². The number of anilines is 1. The second-order valence-electron chi connectivity index (χ2n) is 8.88. The number of carbonyl (C=O) groups is 2. The molecule has 4 rings (SSSR count). The second-order valence-corrected chi connectivity index (χ2v) is 8.88. The van der Waals surface area contributed by atoms with Crippen LogP contribution in [0.1, 0.15) is 44.1 Å². The first-order valence-corrected chi connectivity index (χ1v) is 11.3. The number of aryl methyl sites for hydroxylation is 1. The van der Waals surface area contributed by atoms with E-state index in [1.165, 1.54) is 0 Å². The molecule has 6 nitrogen and oxygen atoms in total. The Balaban J connectivity index is 1.26. The average molecular weight is 399 g/mol. The molecule has 3 heterocycles. The van der Waals surface area contributed by atoms with Crippen LogP contribution < -0.4 is 5.32 Å². The zero-order chi connectivity index (χ0) is 20.2. The number of hydrogen-bond acceptors (Lipinski definition) is 3. The van der Waals surface area contributed by atoms with Gasteiger partial charge >= 0.3 is 6.03 Å². The van der Waals surface area contributed by atoms with Gasteiger partial charge in [0, 0.05) is 44.5 Å². The van der Waals surface area contributed by atoms with Crippen LogP contribution in [-0.4, -0.2) is 71.9 Å². The van der Waals surface area contributed by atoms with Crippen molar-refractivity contribution in [3.05, 3.63) is 29.8 Å². The number of nitrogens with zero attached hydrogens (tertiary/aromatic N) is 3. The minimum atomic E-state index is -0.00483. The highest BCUT2D eigenvalue weighted by molar-refractivity contribution is 5.89. The number of likely N-dealkylation sites (tertiary alicyclic amines) is 3. The first-order valence-electron chi connectivity index (χ1n) is 11.3. The Morgan fingerprint density at radius 2 is 1.69 bits per heavy atom. The minimum Gasteiger partial charge on any atom is -0.342 e. The van der Waals surface area contributed by atoms with Gasteiger partial charge in [0.2, 0.25) is 5.91 Å². The summed E-state index contributed by atoms with van der Waals surface area (Å²) in [6, 6.07) is 8.41. The number of nitrogens with one attached hydrogen (secondary N) is 1. The molecule has 0 saturated carbocycles. The molecule has 1 N–H and O–H groups in total. The predicted molar refractivity (Wildman–Crippen MR) is 115 cm³/mol. The molecular weight excluding hydrogens is 364 g/mol. The second kappa shape index (κ2) is 9.16. The summed E-state index contributed by atoms with van der Waals surface area (Å²) < 4.78 is 0. The fraction of sp³-hybridized carbons (Fsp3) is 0.652. The maximum absolute atomic E-state index is 12.8. The lowest BCUT2D eigenvalue weighted by molar-refractivity contribution is -0.136. The third-order valence-corrected chi connectivity index (χ3v) is 6.76. The first kappa shape index (κ1) is 20.2. The molecule has 158 valence electrons. The van der Waals surface area contributed by atoms with Crippen LogP contribution in [0.4, 0.5) is 10.5 Å². The zero-order valence-electron chi connectivity index (χ0n) is 17.6. The predicted octanol–water partition coefficient (Wildman–Crippen LogP) is 3.33. The lowest BCUT2D eigenvalue weighted by Crippen LogP contribution is -2.52. The number of amides is 3. The maximum Gasteiger partial charge on any atom is 0.321 e. The van der Waals surface area contributed by atoms with Crippen molar-refractivity contribution in [1.29, 1.82) is 0 Å². The number of hydrogen-bond donors (Lipinski definition) is 1. The summed E-state index contributed by atoms with van der Waals surface area (Å²) in [6.45, 7) is 7.47. The van der Waals surface area contributed by atoms with E-state index in [9.17, 15) is 9.59 Å². The molecule has 0 radical (unpaired) electrons. The van der Waals surface area contributed by atoms with Gasteiger partial charge in [-0.3, -0.25) is 9.69 Å². The van der Waals surface area contributed by atoms with E-state index in [1.54, 1.807) is 0 Å². The molecule has 0 spiro atoms. The molecule has 0 aliphatic carbocycles. The van der Waals surface area contributed by atoms with E-state index < -0.39 is 0 Å². The van der Waals surface area contributed by atoms with E-state index in [4.69, 9.17) is 0 Å². The van der Waals surface area contributed by atoms with Gasteiger partial charge in [-0.25, -0.2) is 4.79 Å². The zero-order valence-corrected chi connectivity index (χ0v) is 17.6.